The lowest BCUT2D eigenvalue weighted by Gasteiger charge is -2.06. The summed E-state index contributed by atoms with van der Waals surface area (Å²) < 4.78 is 5.70. The van der Waals surface area contributed by atoms with Gasteiger partial charge in [-0.25, -0.2) is 0 Å². The molecule has 31 heavy (non-hydrogen) atoms. The summed E-state index contributed by atoms with van der Waals surface area (Å²) in [5.74, 6) is -0.564. The number of halogens is 1. The number of hydrogen-bond donors (Lipinski definition) is 2. The second kappa shape index (κ2) is 8.45. The first-order valence-electron chi connectivity index (χ1n) is 9.45. The fourth-order valence-corrected chi connectivity index (χ4v) is 3.21. The smallest absolute Gasteiger partial charge is 0.300 e. The molecule has 0 radical (unpaired) electrons. The molecule has 0 saturated heterocycles. The molecule has 9 heteroatoms. The number of nitrogens with zero attached hydrogens (tertiary/aromatic N) is 2. The van der Waals surface area contributed by atoms with Gasteiger partial charge in [0.15, 0.2) is 5.58 Å². The molecule has 0 saturated carbocycles. The molecular weight excluding hydrogens is 420 g/mol. The molecule has 0 bridgehead atoms. The Hall–Kier alpha value is -3.91. The quantitative estimate of drug-likeness (QED) is 0.285. The number of nitrogens with one attached hydrogen (secondary N) is 2. The van der Waals surface area contributed by atoms with Crippen LogP contribution in [0.25, 0.3) is 11.1 Å². The number of anilines is 3. The second-order valence-electron chi connectivity index (χ2n) is 6.75. The van der Waals surface area contributed by atoms with E-state index < -0.39 is 10.8 Å². The molecule has 4 aromatic rings. The highest BCUT2D eigenvalue weighted by atomic mass is 35.5. The lowest BCUT2D eigenvalue weighted by atomic mass is 10.1. The Morgan fingerprint density at radius 2 is 1.84 bits per heavy atom. The molecule has 0 aliphatic rings. The highest BCUT2D eigenvalue weighted by molar-refractivity contribution is 6.34. The molecule has 0 aliphatic carbocycles. The molecule has 1 heterocycles. The van der Waals surface area contributed by atoms with Crippen LogP contribution in [0.4, 0.5) is 23.1 Å². The molecular formula is C22H17ClN4O4. The van der Waals surface area contributed by atoms with Gasteiger partial charge in [-0.15, -0.1) is 0 Å². The van der Waals surface area contributed by atoms with Gasteiger partial charge in [0.25, 0.3) is 17.6 Å². The third-order valence-corrected chi connectivity index (χ3v) is 4.99. The van der Waals surface area contributed by atoms with Gasteiger partial charge in [-0.2, -0.15) is 4.98 Å². The lowest BCUT2D eigenvalue weighted by Crippen LogP contribution is -2.12. The van der Waals surface area contributed by atoms with Crippen LogP contribution in [-0.2, 0) is 6.42 Å². The van der Waals surface area contributed by atoms with Crippen LogP contribution in [0.2, 0.25) is 5.02 Å². The van der Waals surface area contributed by atoms with Crippen LogP contribution >= 0.6 is 11.6 Å². The minimum atomic E-state index is -0.584. The van der Waals surface area contributed by atoms with Crippen molar-refractivity contribution in [3.63, 3.8) is 0 Å². The fraction of sp³-hybridized carbons (Fsp3) is 0.0909. The maximum atomic E-state index is 12.6. The van der Waals surface area contributed by atoms with Crippen LogP contribution in [0.1, 0.15) is 22.8 Å². The molecule has 0 aliphatic heterocycles. The topological polar surface area (TPSA) is 110 Å². The van der Waals surface area contributed by atoms with E-state index in [0.717, 1.165) is 18.2 Å². The van der Waals surface area contributed by atoms with Crippen LogP contribution < -0.4 is 10.6 Å². The number of amides is 1. The molecule has 4 rings (SSSR count). The largest absolute Gasteiger partial charge is 0.423 e. The molecule has 2 N–H and O–H groups in total. The van der Waals surface area contributed by atoms with Gasteiger partial charge in [0.05, 0.1) is 15.5 Å². The first-order chi connectivity index (χ1) is 14.9. The predicted octanol–water partition coefficient (Wildman–Crippen LogP) is 5.95. The van der Waals surface area contributed by atoms with Gasteiger partial charge in [0, 0.05) is 23.5 Å². The number of nitro groups is 1. The summed E-state index contributed by atoms with van der Waals surface area (Å²) in [6.45, 7) is 2.09. The molecule has 3 aromatic carbocycles. The minimum absolute atomic E-state index is 0.00833. The number of benzene rings is 3. The van der Waals surface area contributed by atoms with E-state index in [1.165, 1.54) is 17.7 Å². The average Bonchev–Trinajstić information content (AvgIpc) is 3.15. The van der Waals surface area contributed by atoms with E-state index >= 15 is 0 Å². The average molecular weight is 437 g/mol. The summed E-state index contributed by atoms with van der Waals surface area (Å²) in [5, 5.41) is 16.9. The fourth-order valence-electron chi connectivity index (χ4n) is 3.01. The van der Waals surface area contributed by atoms with Crippen molar-refractivity contribution in [2.24, 2.45) is 0 Å². The van der Waals surface area contributed by atoms with Crippen LogP contribution in [0.5, 0.6) is 0 Å². The molecule has 156 valence electrons. The highest BCUT2D eigenvalue weighted by Gasteiger charge is 2.16. The van der Waals surface area contributed by atoms with Crippen molar-refractivity contribution in [1.82, 2.24) is 4.98 Å². The number of oxazole rings is 1. The molecule has 0 spiro atoms. The van der Waals surface area contributed by atoms with Gasteiger partial charge in [-0.1, -0.05) is 30.7 Å². The number of carbonyl (C=O) groups excluding carboxylic acids is 1. The van der Waals surface area contributed by atoms with E-state index in [1.54, 1.807) is 18.2 Å². The number of rotatable bonds is 6. The Kier molecular flexibility index (Phi) is 5.55. The minimum Gasteiger partial charge on any atom is -0.423 e. The van der Waals surface area contributed by atoms with E-state index in [4.69, 9.17) is 16.0 Å². The Balaban J connectivity index is 1.53. The van der Waals surface area contributed by atoms with Crippen LogP contribution in [0.15, 0.2) is 65.1 Å². The number of carbonyl (C=O) groups is 1. The number of fused-ring (bicyclic) bond motifs is 1. The zero-order chi connectivity index (χ0) is 22.0. The highest BCUT2D eigenvalue weighted by Crippen LogP contribution is 2.27. The van der Waals surface area contributed by atoms with Crippen LogP contribution in [0.3, 0.4) is 0 Å². The van der Waals surface area contributed by atoms with Crippen molar-refractivity contribution in [3.05, 3.63) is 86.9 Å². The van der Waals surface area contributed by atoms with Crippen molar-refractivity contribution < 1.29 is 14.1 Å². The Morgan fingerprint density at radius 1 is 1.10 bits per heavy atom. The van der Waals surface area contributed by atoms with E-state index in [9.17, 15) is 14.9 Å². The van der Waals surface area contributed by atoms with Gasteiger partial charge in [-0.05, 0) is 48.4 Å². The number of non-ortho nitro benzene ring substituents is 1. The number of aromatic nitrogens is 1. The zero-order valence-electron chi connectivity index (χ0n) is 16.4. The SMILES string of the molecule is CCc1ccc(Nc2nc3cc(NC(=O)c4cc([N+](=O)[O-])ccc4Cl)ccc3o2)cc1. The zero-order valence-corrected chi connectivity index (χ0v) is 17.1. The van der Waals surface area contributed by atoms with E-state index in [-0.39, 0.29) is 16.3 Å². The Morgan fingerprint density at radius 3 is 2.55 bits per heavy atom. The van der Waals surface area contributed by atoms with E-state index in [1.807, 2.05) is 24.3 Å². The number of nitro benzene ring substituents is 1. The monoisotopic (exact) mass is 436 g/mol. The van der Waals surface area contributed by atoms with Crippen molar-refractivity contribution >= 4 is 51.7 Å². The van der Waals surface area contributed by atoms with Crippen LogP contribution in [0, 0.1) is 10.1 Å². The third-order valence-electron chi connectivity index (χ3n) is 4.66. The van der Waals surface area contributed by atoms with Crippen LogP contribution in [-0.4, -0.2) is 15.8 Å². The Labute approximate surface area is 182 Å². The predicted molar refractivity (Wildman–Crippen MR) is 119 cm³/mol. The lowest BCUT2D eigenvalue weighted by molar-refractivity contribution is -0.384. The third kappa shape index (κ3) is 4.49. The molecule has 1 amide bonds. The summed E-state index contributed by atoms with van der Waals surface area (Å²) in [7, 11) is 0. The van der Waals surface area contributed by atoms with Gasteiger partial charge in [0.2, 0.25) is 0 Å². The standard InChI is InChI=1S/C22H17ClN4O4/c1-2-13-3-5-14(6-4-13)25-22-26-19-11-15(7-10-20(19)31-22)24-21(28)17-12-16(27(29)30)8-9-18(17)23/h3-12H,2H2,1H3,(H,24,28)(H,25,26). The summed E-state index contributed by atoms with van der Waals surface area (Å²) >= 11 is 6.04. The maximum Gasteiger partial charge on any atom is 0.300 e. The molecule has 1 aromatic heterocycles. The summed E-state index contributed by atoms with van der Waals surface area (Å²) in [6, 6.07) is 16.9. The maximum absolute atomic E-state index is 12.6. The molecule has 8 nitrogen and oxygen atoms in total. The van der Waals surface area contributed by atoms with Crippen molar-refractivity contribution in [2.75, 3.05) is 10.6 Å². The van der Waals surface area contributed by atoms with E-state index in [2.05, 4.69) is 22.5 Å². The van der Waals surface area contributed by atoms with Gasteiger partial charge in [-0.3, -0.25) is 14.9 Å². The number of hydrogen-bond acceptors (Lipinski definition) is 6. The Bertz CT molecular complexity index is 1280. The van der Waals surface area contributed by atoms with Gasteiger partial charge < -0.3 is 15.1 Å². The summed E-state index contributed by atoms with van der Waals surface area (Å²) in [5.41, 5.74) is 3.39. The van der Waals surface area contributed by atoms with Crippen molar-refractivity contribution in [2.45, 2.75) is 13.3 Å². The molecule has 0 fully saturated rings. The second-order valence-corrected chi connectivity index (χ2v) is 7.16. The summed E-state index contributed by atoms with van der Waals surface area (Å²) in [4.78, 5) is 27.4. The van der Waals surface area contributed by atoms with Gasteiger partial charge in [0.1, 0.15) is 5.52 Å². The van der Waals surface area contributed by atoms with Crippen molar-refractivity contribution in [3.8, 4) is 0 Å². The molecule has 0 atom stereocenters. The van der Waals surface area contributed by atoms with Gasteiger partial charge >= 0.3 is 0 Å². The first-order valence-corrected chi connectivity index (χ1v) is 9.82. The van der Waals surface area contributed by atoms with Crippen molar-refractivity contribution in [1.29, 1.82) is 0 Å². The van der Waals surface area contributed by atoms with E-state index in [0.29, 0.717) is 22.8 Å². The normalized spacial score (nSPS) is 10.8. The summed E-state index contributed by atoms with van der Waals surface area (Å²) in [6.07, 6.45) is 0.958. The molecule has 0 unspecified atom stereocenters. The first kappa shape index (κ1) is 20.4. The number of aryl methyl sites for hydroxylation is 1.